The van der Waals surface area contributed by atoms with Crippen LogP contribution in [-0.2, 0) is 16.1 Å². The highest BCUT2D eigenvalue weighted by molar-refractivity contribution is 7.07. The largest absolute Gasteiger partial charge is 0.497 e. The second-order valence-corrected chi connectivity index (χ2v) is 10.5. The molecule has 9 heteroatoms. The van der Waals surface area contributed by atoms with Crippen LogP contribution >= 0.6 is 22.9 Å². The van der Waals surface area contributed by atoms with Crippen LogP contribution in [-0.4, -0.2) is 24.3 Å². The minimum Gasteiger partial charge on any atom is -0.497 e. The Morgan fingerprint density at radius 2 is 1.82 bits per heavy atom. The van der Waals surface area contributed by atoms with Gasteiger partial charge in [-0.25, -0.2) is 9.79 Å². The van der Waals surface area contributed by atoms with Gasteiger partial charge in [0.1, 0.15) is 18.1 Å². The maximum absolute atomic E-state index is 13.8. The fourth-order valence-electron chi connectivity index (χ4n) is 4.51. The van der Waals surface area contributed by atoms with Crippen molar-refractivity contribution in [1.82, 2.24) is 4.57 Å². The molecule has 0 fully saturated rings. The van der Waals surface area contributed by atoms with E-state index in [0.717, 1.165) is 16.7 Å². The van der Waals surface area contributed by atoms with Gasteiger partial charge in [-0.3, -0.25) is 9.36 Å². The first kappa shape index (κ1) is 27.4. The zero-order valence-electron chi connectivity index (χ0n) is 22.2. The molecule has 0 amide bonds. The first-order valence-electron chi connectivity index (χ1n) is 12.7. The van der Waals surface area contributed by atoms with Gasteiger partial charge in [0.15, 0.2) is 4.80 Å². The third-order valence-corrected chi connectivity index (χ3v) is 7.64. The molecule has 5 rings (SSSR count). The topological polar surface area (TPSA) is 79.1 Å². The molecule has 0 saturated heterocycles. The summed E-state index contributed by atoms with van der Waals surface area (Å²) in [7, 11) is 1.57. The SMILES string of the molecule is CCOC(=O)C1=C(C)N=c2s/c(=C\c3cccc(OCc4ccc(Cl)cc4)c3)c(=O)n2[C@@H]1c1cccc(OC)c1. The predicted molar refractivity (Wildman–Crippen MR) is 156 cm³/mol. The van der Waals surface area contributed by atoms with Crippen molar-refractivity contribution in [2.75, 3.05) is 13.7 Å². The number of fused-ring (bicyclic) bond motifs is 1. The van der Waals surface area contributed by atoms with Crippen LogP contribution in [0.25, 0.3) is 6.08 Å². The number of nitrogens with zero attached hydrogens (tertiary/aromatic N) is 2. The summed E-state index contributed by atoms with van der Waals surface area (Å²) < 4.78 is 18.8. The summed E-state index contributed by atoms with van der Waals surface area (Å²) in [5.74, 6) is 0.787. The van der Waals surface area contributed by atoms with Crippen molar-refractivity contribution in [3.63, 3.8) is 0 Å². The Morgan fingerprint density at radius 3 is 2.58 bits per heavy atom. The molecule has 0 spiro atoms. The van der Waals surface area contributed by atoms with Crippen molar-refractivity contribution in [2.24, 2.45) is 4.99 Å². The van der Waals surface area contributed by atoms with E-state index in [1.54, 1.807) is 25.5 Å². The van der Waals surface area contributed by atoms with Gasteiger partial charge in [-0.05, 0) is 73.0 Å². The lowest BCUT2D eigenvalue weighted by Gasteiger charge is -2.25. The van der Waals surface area contributed by atoms with Crippen LogP contribution in [0.1, 0.15) is 36.6 Å². The Labute approximate surface area is 240 Å². The molecule has 0 saturated carbocycles. The Balaban J connectivity index is 1.55. The molecule has 1 aliphatic heterocycles. The highest BCUT2D eigenvalue weighted by atomic mass is 35.5. The molecule has 204 valence electrons. The number of methoxy groups -OCH3 is 1. The van der Waals surface area contributed by atoms with E-state index in [1.165, 1.54) is 11.3 Å². The average Bonchev–Trinajstić information content (AvgIpc) is 3.26. The van der Waals surface area contributed by atoms with Crippen molar-refractivity contribution >= 4 is 35.0 Å². The third-order valence-electron chi connectivity index (χ3n) is 6.40. The van der Waals surface area contributed by atoms with Gasteiger partial charge < -0.3 is 14.2 Å². The fourth-order valence-corrected chi connectivity index (χ4v) is 5.68. The number of allylic oxidation sites excluding steroid dienone is 1. The van der Waals surface area contributed by atoms with Crippen molar-refractivity contribution < 1.29 is 19.0 Å². The third kappa shape index (κ3) is 5.73. The van der Waals surface area contributed by atoms with E-state index in [9.17, 15) is 9.59 Å². The van der Waals surface area contributed by atoms with Gasteiger partial charge >= 0.3 is 5.97 Å². The Bertz CT molecular complexity index is 1770. The number of rotatable bonds is 8. The summed E-state index contributed by atoms with van der Waals surface area (Å²) in [6, 6.07) is 21.6. The summed E-state index contributed by atoms with van der Waals surface area (Å²) in [6.45, 7) is 4.11. The number of aromatic nitrogens is 1. The number of halogens is 1. The van der Waals surface area contributed by atoms with Gasteiger partial charge in [-0.2, -0.15) is 0 Å². The summed E-state index contributed by atoms with van der Waals surface area (Å²) >= 11 is 7.24. The molecule has 40 heavy (non-hydrogen) atoms. The van der Waals surface area contributed by atoms with Gasteiger partial charge in [0.05, 0.1) is 35.6 Å². The second-order valence-electron chi connectivity index (χ2n) is 9.07. The van der Waals surface area contributed by atoms with Crippen LogP contribution in [0.4, 0.5) is 0 Å². The Morgan fingerprint density at radius 1 is 1.07 bits per heavy atom. The zero-order chi connectivity index (χ0) is 28.2. The molecular weight excluding hydrogens is 548 g/mol. The molecule has 4 aromatic rings. The standard InChI is InChI=1S/C31H27ClN2O5S/c1-4-38-30(36)27-19(2)33-31-34(28(27)22-8-6-9-24(17-22)37-3)29(35)26(40-31)16-21-7-5-10-25(15-21)39-18-20-11-13-23(32)14-12-20/h5-17,28H,4,18H2,1-3H3/b26-16-/t28-/m1/s1. The lowest BCUT2D eigenvalue weighted by Crippen LogP contribution is -2.39. The maximum atomic E-state index is 13.8. The number of hydrogen-bond acceptors (Lipinski definition) is 7. The Kier molecular flexibility index (Phi) is 8.19. The summed E-state index contributed by atoms with van der Waals surface area (Å²) in [5.41, 5.74) is 3.11. The number of carbonyl (C=O) groups is 1. The molecule has 0 radical (unpaired) electrons. The van der Waals surface area contributed by atoms with Crippen molar-refractivity contribution in [3.05, 3.63) is 125 Å². The quantitative estimate of drug-likeness (QED) is 0.276. The van der Waals surface area contributed by atoms with Crippen molar-refractivity contribution in [1.29, 1.82) is 0 Å². The van der Waals surface area contributed by atoms with Crippen LogP contribution in [0.3, 0.4) is 0 Å². The van der Waals surface area contributed by atoms with Crippen LogP contribution in [0.2, 0.25) is 5.02 Å². The van der Waals surface area contributed by atoms with Gasteiger partial charge in [-0.15, -0.1) is 0 Å². The molecule has 1 atom stereocenters. The van der Waals surface area contributed by atoms with Crippen molar-refractivity contribution in [3.8, 4) is 11.5 Å². The van der Waals surface area contributed by atoms with Crippen LogP contribution in [0.15, 0.2) is 93.9 Å². The predicted octanol–water partition coefficient (Wildman–Crippen LogP) is 5.04. The number of ether oxygens (including phenoxy) is 3. The van der Waals surface area contributed by atoms with Crippen LogP contribution < -0.4 is 24.4 Å². The molecular formula is C31H27ClN2O5S. The van der Waals surface area contributed by atoms with Crippen molar-refractivity contribution in [2.45, 2.75) is 26.5 Å². The van der Waals surface area contributed by atoms with E-state index >= 15 is 0 Å². The average molecular weight is 575 g/mol. The molecule has 7 nitrogen and oxygen atoms in total. The van der Waals surface area contributed by atoms with Gasteiger partial charge in [0.2, 0.25) is 0 Å². The minimum absolute atomic E-state index is 0.210. The van der Waals surface area contributed by atoms with E-state index in [4.69, 9.17) is 25.8 Å². The lowest BCUT2D eigenvalue weighted by molar-refractivity contribution is -0.139. The number of carbonyl (C=O) groups excluding carboxylic acids is 1. The Hall–Kier alpha value is -4.14. The zero-order valence-corrected chi connectivity index (χ0v) is 23.8. The van der Waals surface area contributed by atoms with Gasteiger partial charge in [0, 0.05) is 5.02 Å². The second kappa shape index (κ2) is 11.9. The molecule has 3 aromatic carbocycles. The summed E-state index contributed by atoms with van der Waals surface area (Å²) in [4.78, 5) is 32.1. The maximum Gasteiger partial charge on any atom is 0.338 e. The molecule has 1 aromatic heterocycles. The molecule has 0 N–H and O–H groups in total. The van der Waals surface area contributed by atoms with Gasteiger partial charge in [0.25, 0.3) is 5.56 Å². The van der Waals surface area contributed by atoms with E-state index in [2.05, 4.69) is 4.99 Å². The first-order valence-corrected chi connectivity index (χ1v) is 13.9. The highest BCUT2D eigenvalue weighted by Crippen LogP contribution is 2.32. The monoisotopic (exact) mass is 574 g/mol. The molecule has 0 bridgehead atoms. The van der Waals surface area contributed by atoms with E-state index in [-0.39, 0.29) is 12.2 Å². The van der Waals surface area contributed by atoms with E-state index in [1.807, 2.05) is 78.9 Å². The molecule has 1 aliphatic rings. The number of thiazole rings is 1. The normalized spacial score (nSPS) is 14.9. The van der Waals surface area contributed by atoms with Gasteiger partial charge in [-0.1, -0.05) is 59.3 Å². The van der Waals surface area contributed by atoms with Crippen LogP contribution in [0.5, 0.6) is 11.5 Å². The minimum atomic E-state index is -0.707. The summed E-state index contributed by atoms with van der Waals surface area (Å²) in [5, 5.41) is 0.672. The molecule has 0 aliphatic carbocycles. The number of esters is 1. The lowest BCUT2D eigenvalue weighted by atomic mass is 9.95. The smallest absolute Gasteiger partial charge is 0.338 e. The highest BCUT2D eigenvalue weighted by Gasteiger charge is 2.33. The number of hydrogen-bond donors (Lipinski definition) is 0. The van der Waals surface area contributed by atoms with E-state index in [0.29, 0.717) is 43.7 Å². The fraction of sp³-hybridized carbons (Fsp3) is 0.194. The molecule has 0 unspecified atom stereocenters. The number of benzene rings is 3. The van der Waals surface area contributed by atoms with Crippen LogP contribution in [0, 0.1) is 0 Å². The van der Waals surface area contributed by atoms with E-state index < -0.39 is 12.0 Å². The first-order chi connectivity index (χ1) is 19.4. The molecule has 2 heterocycles. The summed E-state index contributed by atoms with van der Waals surface area (Å²) in [6.07, 6.45) is 1.81.